The van der Waals surface area contributed by atoms with Gasteiger partial charge in [0.2, 0.25) is 6.10 Å². The van der Waals surface area contributed by atoms with Gasteiger partial charge in [-0.25, -0.2) is 9.59 Å². The topological polar surface area (TPSA) is 111 Å². The number of rotatable bonds is 12. The maximum absolute atomic E-state index is 12.1. The van der Waals surface area contributed by atoms with Crippen molar-refractivity contribution in [3.63, 3.8) is 0 Å². The Morgan fingerprint density at radius 2 is 1.52 bits per heavy atom. The summed E-state index contributed by atoms with van der Waals surface area (Å²) in [4.78, 5) is 35.3. The van der Waals surface area contributed by atoms with Crippen LogP contribution in [0.4, 0.5) is 4.79 Å². The molecule has 170 valence electrons. The standard InChI is InChI=1S/C20H39NO7Si/c1-9-29(10-2,11-3)28-20(7,8)14-15(17(23)24)26-16(22)12-13-21-18(25)27-19(4,5)6/h15H,9-14H2,1-8H3,(H,21,25)(H,23,24)/t15-/m1/s1. The molecule has 0 heterocycles. The molecule has 29 heavy (non-hydrogen) atoms. The molecular weight excluding hydrogens is 394 g/mol. The average Bonchev–Trinajstić information content (AvgIpc) is 2.57. The molecule has 0 unspecified atom stereocenters. The van der Waals surface area contributed by atoms with Crippen LogP contribution in [0.1, 0.15) is 68.2 Å². The summed E-state index contributed by atoms with van der Waals surface area (Å²) in [5.74, 6) is -1.92. The largest absolute Gasteiger partial charge is 0.479 e. The van der Waals surface area contributed by atoms with Gasteiger partial charge in [0.1, 0.15) is 5.60 Å². The predicted molar refractivity (Wildman–Crippen MR) is 113 cm³/mol. The number of hydrogen-bond acceptors (Lipinski definition) is 6. The molecule has 0 saturated heterocycles. The summed E-state index contributed by atoms with van der Waals surface area (Å²) >= 11 is 0. The maximum Gasteiger partial charge on any atom is 0.407 e. The van der Waals surface area contributed by atoms with Crippen molar-refractivity contribution in [2.75, 3.05) is 6.54 Å². The lowest BCUT2D eigenvalue weighted by Crippen LogP contribution is -2.47. The van der Waals surface area contributed by atoms with E-state index in [9.17, 15) is 19.5 Å². The fraction of sp³-hybridized carbons (Fsp3) is 0.850. The van der Waals surface area contributed by atoms with E-state index in [1.165, 1.54) is 0 Å². The summed E-state index contributed by atoms with van der Waals surface area (Å²) < 4.78 is 16.6. The van der Waals surface area contributed by atoms with Gasteiger partial charge >= 0.3 is 18.0 Å². The highest BCUT2D eigenvalue weighted by atomic mass is 28.4. The molecule has 0 spiro atoms. The molecule has 0 aliphatic carbocycles. The minimum absolute atomic E-state index is 0.00247. The van der Waals surface area contributed by atoms with Gasteiger partial charge in [-0.3, -0.25) is 4.79 Å². The molecule has 0 aromatic rings. The van der Waals surface area contributed by atoms with Crippen molar-refractivity contribution < 1.29 is 33.4 Å². The normalized spacial score (nSPS) is 13.5. The molecule has 9 heteroatoms. The zero-order valence-corrected chi connectivity index (χ0v) is 20.2. The Morgan fingerprint density at radius 1 is 1.00 bits per heavy atom. The number of ether oxygens (including phenoxy) is 2. The van der Waals surface area contributed by atoms with Crippen molar-refractivity contribution in [2.45, 2.75) is 104 Å². The highest BCUT2D eigenvalue weighted by molar-refractivity contribution is 6.73. The number of carboxylic acid groups (broad SMARTS) is 1. The molecule has 8 nitrogen and oxygen atoms in total. The van der Waals surface area contributed by atoms with Crippen LogP contribution in [0.5, 0.6) is 0 Å². The van der Waals surface area contributed by atoms with Crippen LogP contribution in [0, 0.1) is 0 Å². The lowest BCUT2D eigenvalue weighted by molar-refractivity contribution is -0.167. The molecular formula is C20H39NO7Si. The zero-order chi connectivity index (χ0) is 22.9. The molecule has 0 aliphatic rings. The summed E-state index contributed by atoms with van der Waals surface area (Å²) in [6, 6.07) is 2.83. The molecule has 0 fully saturated rings. The number of hydrogen-bond donors (Lipinski definition) is 2. The first kappa shape index (κ1) is 27.4. The van der Waals surface area contributed by atoms with Crippen LogP contribution in [0.3, 0.4) is 0 Å². The Hall–Kier alpha value is -1.61. The van der Waals surface area contributed by atoms with E-state index in [2.05, 4.69) is 26.1 Å². The van der Waals surface area contributed by atoms with E-state index in [0.717, 1.165) is 18.1 Å². The molecule has 0 aromatic carbocycles. The molecule has 0 aromatic heterocycles. The second-order valence-electron chi connectivity index (χ2n) is 8.80. The third kappa shape index (κ3) is 11.2. The second kappa shape index (κ2) is 11.5. The SMILES string of the molecule is CC[Si](CC)(CC)OC(C)(C)C[C@@H](OC(=O)CCNC(=O)OC(C)(C)C)C(=O)O. The Labute approximate surface area is 175 Å². The third-order valence-corrected chi connectivity index (χ3v) is 9.50. The van der Waals surface area contributed by atoms with Gasteiger partial charge in [0.25, 0.3) is 0 Å². The maximum atomic E-state index is 12.1. The van der Waals surface area contributed by atoms with Gasteiger partial charge in [0.05, 0.1) is 12.0 Å². The van der Waals surface area contributed by atoms with Gasteiger partial charge in [0.15, 0.2) is 8.32 Å². The van der Waals surface area contributed by atoms with Crippen molar-refractivity contribution in [2.24, 2.45) is 0 Å². The van der Waals surface area contributed by atoms with Gasteiger partial charge in [-0.2, -0.15) is 0 Å². The number of carboxylic acids is 1. The Balaban J connectivity index is 4.77. The van der Waals surface area contributed by atoms with Gasteiger partial charge in [-0.05, 0) is 52.8 Å². The number of aliphatic carboxylic acids is 1. The first-order valence-corrected chi connectivity index (χ1v) is 12.8. The van der Waals surface area contributed by atoms with E-state index in [4.69, 9.17) is 13.9 Å². The van der Waals surface area contributed by atoms with Crippen molar-refractivity contribution in [1.29, 1.82) is 0 Å². The highest BCUT2D eigenvalue weighted by Crippen LogP contribution is 2.30. The monoisotopic (exact) mass is 433 g/mol. The zero-order valence-electron chi connectivity index (χ0n) is 19.2. The lowest BCUT2D eigenvalue weighted by atomic mass is 10.0. The molecule has 0 rings (SSSR count). The molecule has 1 amide bonds. The van der Waals surface area contributed by atoms with Crippen LogP contribution in [0.2, 0.25) is 18.1 Å². The third-order valence-electron chi connectivity index (χ3n) is 4.65. The van der Waals surface area contributed by atoms with E-state index < -0.39 is 43.7 Å². The Morgan fingerprint density at radius 3 is 1.93 bits per heavy atom. The molecule has 0 radical (unpaired) electrons. The molecule has 0 aliphatic heterocycles. The predicted octanol–water partition coefficient (Wildman–Crippen LogP) is 4.09. The van der Waals surface area contributed by atoms with E-state index in [1.54, 1.807) is 20.8 Å². The summed E-state index contributed by atoms with van der Waals surface area (Å²) in [7, 11) is -1.94. The number of esters is 1. The smallest absolute Gasteiger partial charge is 0.407 e. The van der Waals surface area contributed by atoms with Gasteiger partial charge < -0.3 is 24.3 Å². The fourth-order valence-corrected chi connectivity index (χ4v) is 6.21. The van der Waals surface area contributed by atoms with E-state index in [0.29, 0.717) is 0 Å². The average molecular weight is 434 g/mol. The summed E-state index contributed by atoms with van der Waals surface area (Å²) in [6.45, 7) is 15.2. The number of alkyl carbamates (subject to hydrolysis) is 1. The number of amides is 1. The molecule has 0 saturated carbocycles. The summed E-state index contributed by atoms with van der Waals surface area (Å²) in [6.07, 6.45) is -2.05. The van der Waals surface area contributed by atoms with Gasteiger partial charge in [0, 0.05) is 13.0 Å². The van der Waals surface area contributed by atoms with Crippen LogP contribution in [0.15, 0.2) is 0 Å². The van der Waals surface area contributed by atoms with Crippen molar-refractivity contribution >= 4 is 26.3 Å². The molecule has 2 N–H and O–H groups in total. The number of nitrogens with one attached hydrogen (secondary N) is 1. The van der Waals surface area contributed by atoms with Crippen molar-refractivity contribution in [3.8, 4) is 0 Å². The quantitative estimate of drug-likeness (QED) is 0.352. The number of carbonyl (C=O) groups is 3. The minimum Gasteiger partial charge on any atom is -0.479 e. The summed E-state index contributed by atoms with van der Waals surface area (Å²) in [5, 5.41) is 11.9. The van der Waals surface area contributed by atoms with E-state index in [1.807, 2.05) is 13.8 Å². The van der Waals surface area contributed by atoms with Crippen LogP contribution in [-0.2, 0) is 23.5 Å². The van der Waals surface area contributed by atoms with Crippen LogP contribution < -0.4 is 5.32 Å². The van der Waals surface area contributed by atoms with E-state index in [-0.39, 0.29) is 19.4 Å². The van der Waals surface area contributed by atoms with Crippen LogP contribution >= 0.6 is 0 Å². The number of carbonyl (C=O) groups excluding carboxylic acids is 2. The Bertz CT molecular complexity index is 545. The van der Waals surface area contributed by atoms with Crippen molar-refractivity contribution in [1.82, 2.24) is 5.32 Å². The first-order chi connectivity index (χ1) is 13.2. The van der Waals surface area contributed by atoms with Gasteiger partial charge in [-0.15, -0.1) is 0 Å². The molecule has 0 bridgehead atoms. The summed E-state index contributed by atoms with van der Waals surface area (Å²) in [5.41, 5.74) is -1.37. The highest BCUT2D eigenvalue weighted by Gasteiger charge is 2.39. The second-order valence-corrected chi connectivity index (χ2v) is 13.5. The first-order valence-electron chi connectivity index (χ1n) is 10.3. The van der Waals surface area contributed by atoms with Gasteiger partial charge in [-0.1, -0.05) is 20.8 Å². The van der Waals surface area contributed by atoms with Crippen LogP contribution in [0.25, 0.3) is 0 Å². The van der Waals surface area contributed by atoms with Crippen molar-refractivity contribution in [3.05, 3.63) is 0 Å². The fourth-order valence-electron chi connectivity index (χ4n) is 3.02. The van der Waals surface area contributed by atoms with E-state index >= 15 is 0 Å². The minimum atomic E-state index is -1.94. The lowest BCUT2D eigenvalue weighted by Gasteiger charge is -2.39. The van der Waals surface area contributed by atoms with Crippen LogP contribution in [-0.4, -0.2) is 55.3 Å². The Kier molecular flexibility index (Phi) is 10.9. The molecule has 1 atom stereocenters.